The second-order valence-electron chi connectivity index (χ2n) is 7.01. The molecule has 3 aromatic rings. The van der Waals surface area contributed by atoms with E-state index in [2.05, 4.69) is 10.3 Å². The average Bonchev–Trinajstić information content (AvgIpc) is 2.80. The van der Waals surface area contributed by atoms with Gasteiger partial charge in [0.1, 0.15) is 28.8 Å². The Hall–Kier alpha value is -3.36. The van der Waals surface area contributed by atoms with Gasteiger partial charge in [0, 0.05) is 29.5 Å². The molecule has 0 aliphatic rings. The van der Waals surface area contributed by atoms with Crippen molar-refractivity contribution in [2.75, 3.05) is 19.5 Å². The van der Waals surface area contributed by atoms with Crippen LogP contribution in [0.4, 0.5) is 21.6 Å². The Labute approximate surface area is 199 Å². The van der Waals surface area contributed by atoms with Crippen molar-refractivity contribution in [1.29, 1.82) is 0 Å². The van der Waals surface area contributed by atoms with Crippen LogP contribution in [0.5, 0.6) is 11.5 Å². The summed E-state index contributed by atoms with van der Waals surface area (Å²) in [6.45, 7) is 3.27. The molecule has 0 radical (unpaired) electrons. The topological polar surface area (TPSA) is 86.5 Å². The minimum absolute atomic E-state index is 0.0842. The van der Waals surface area contributed by atoms with E-state index in [-0.39, 0.29) is 43.9 Å². The van der Waals surface area contributed by atoms with Gasteiger partial charge in [-0.1, -0.05) is 35.3 Å². The van der Waals surface area contributed by atoms with Gasteiger partial charge in [-0.05, 0) is 37.1 Å². The predicted molar refractivity (Wildman–Crippen MR) is 129 cm³/mol. The molecule has 33 heavy (non-hydrogen) atoms. The van der Waals surface area contributed by atoms with Crippen LogP contribution < -0.4 is 14.8 Å². The lowest BCUT2D eigenvalue weighted by atomic mass is 10.0. The number of pyridine rings is 1. The lowest BCUT2D eigenvalue weighted by Gasteiger charge is -2.16. The minimum Gasteiger partial charge on any atom is -0.495 e. The van der Waals surface area contributed by atoms with Crippen LogP contribution in [0.1, 0.15) is 23.6 Å². The number of aryl methyl sites for hydroxylation is 1. The summed E-state index contributed by atoms with van der Waals surface area (Å²) in [5, 5.41) is 14.5. The molecule has 0 spiro atoms. The summed E-state index contributed by atoms with van der Waals surface area (Å²) in [6.07, 6.45) is 1.31. The number of benzene rings is 2. The fraction of sp³-hybridized carbons (Fsp3) is 0.174. The number of anilines is 2. The van der Waals surface area contributed by atoms with E-state index in [1.54, 1.807) is 19.1 Å². The largest absolute Gasteiger partial charge is 0.495 e. The number of nitro benzene ring substituents is 1. The molecule has 0 aliphatic carbocycles. The second kappa shape index (κ2) is 10.1. The van der Waals surface area contributed by atoms with Crippen molar-refractivity contribution < 1.29 is 18.8 Å². The lowest BCUT2D eigenvalue weighted by Crippen LogP contribution is -2.01. The van der Waals surface area contributed by atoms with Gasteiger partial charge in [-0.2, -0.15) is 0 Å². The molecule has 0 aliphatic heterocycles. The Morgan fingerprint density at radius 3 is 2.27 bits per heavy atom. The zero-order valence-corrected chi connectivity index (χ0v) is 19.7. The van der Waals surface area contributed by atoms with E-state index in [0.717, 1.165) is 0 Å². The van der Waals surface area contributed by atoms with Gasteiger partial charge in [-0.25, -0.2) is 9.37 Å². The number of methoxy groups -OCH3 is 2. The summed E-state index contributed by atoms with van der Waals surface area (Å²) in [7, 11) is 2.87. The SMILES string of the molecule is COc1cc(OC)c(Cl)c(/C(C)=C(\F)c2ccc(Nc3c(C)cccc3[N+](=O)[O-])nc2)c1Cl. The van der Waals surface area contributed by atoms with E-state index >= 15 is 4.39 Å². The summed E-state index contributed by atoms with van der Waals surface area (Å²) < 4.78 is 25.9. The molecular weight excluding hydrogens is 472 g/mol. The highest BCUT2D eigenvalue weighted by Gasteiger charge is 2.21. The summed E-state index contributed by atoms with van der Waals surface area (Å²) in [6, 6.07) is 9.27. The first kappa shape index (κ1) is 24.3. The Kier molecular flexibility index (Phi) is 7.40. The van der Waals surface area contributed by atoms with E-state index in [1.807, 2.05) is 0 Å². The normalized spacial score (nSPS) is 11.6. The molecule has 0 saturated heterocycles. The maximum absolute atomic E-state index is 15.4. The van der Waals surface area contributed by atoms with Crippen molar-refractivity contribution in [2.24, 2.45) is 0 Å². The monoisotopic (exact) mass is 491 g/mol. The van der Waals surface area contributed by atoms with Crippen LogP contribution in [-0.2, 0) is 0 Å². The average molecular weight is 492 g/mol. The number of nitro groups is 1. The molecule has 1 heterocycles. The number of allylic oxidation sites excluding steroid dienone is 1. The van der Waals surface area contributed by atoms with Gasteiger partial charge in [0.25, 0.3) is 5.69 Å². The maximum atomic E-state index is 15.4. The van der Waals surface area contributed by atoms with Crippen molar-refractivity contribution in [3.63, 3.8) is 0 Å². The molecule has 0 atom stereocenters. The van der Waals surface area contributed by atoms with Crippen molar-refractivity contribution in [3.05, 3.63) is 79.4 Å². The molecule has 10 heteroatoms. The highest BCUT2D eigenvalue weighted by atomic mass is 35.5. The summed E-state index contributed by atoms with van der Waals surface area (Å²) in [5.41, 5.74) is 1.49. The van der Waals surface area contributed by atoms with E-state index in [0.29, 0.717) is 17.1 Å². The van der Waals surface area contributed by atoms with E-state index in [9.17, 15) is 10.1 Å². The Morgan fingerprint density at radius 2 is 1.76 bits per heavy atom. The number of nitrogens with zero attached hydrogens (tertiary/aromatic N) is 2. The standard InChI is InChI=1S/C23H20Cl2FN3O4/c1-12-6-5-7-15(29(30)31)23(12)28-18-9-8-14(11-27-18)22(26)13(2)19-20(24)16(32-3)10-17(33-4)21(19)25/h5-11H,1-4H3,(H,27,28)/b22-13-. The molecule has 172 valence electrons. The van der Waals surface area contributed by atoms with Crippen LogP contribution in [0.3, 0.4) is 0 Å². The Bertz CT molecular complexity index is 1220. The van der Waals surface area contributed by atoms with Crippen molar-refractivity contribution >= 4 is 51.8 Å². The van der Waals surface area contributed by atoms with Gasteiger partial charge in [-0.3, -0.25) is 10.1 Å². The van der Waals surface area contributed by atoms with Gasteiger partial charge in [0.15, 0.2) is 0 Å². The molecule has 2 aromatic carbocycles. The Morgan fingerprint density at radius 1 is 1.12 bits per heavy atom. The maximum Gasteiger partial charge on any atom is 0.292 e. The van der Waals surface area contributed by atoms with Gasteiger partial charge in [-0.15, -0.1) is 0 Å². The molecule has 1 aromatic heterocycles. The quantitative estimate of drug-likeness (QED) is 0.277. The molecule has 0 bridgehead atoms. The zero-order chi connectivity index (χ0) is 24.3. The number of halogens is 3. The lowest BCUT2D eigenvalue weighted by molar-refractivity contribution is -0.384. The third-order valence-electron chi connectivity index (χ3n) is 5.00. The third kappa shape index (κ3) is 4.86. The van der Waals surface area contributed by atoms with Gasteiger partial charge in [0.2, 0.25) is 0 Å². The molecular formula is C23H20Cl2FN3O4. The molecule has 7 nitrogen and oxygen atoms in total. The predicted octanol–water partition coefficient (Wildman–Crippen LogP) is 7.22. The number of hydrogen-bond acceptors (Lipinski definition) is 6. The molecule has 0 unspecified atom stereocenters. The van der Waals surface area contributed by atoms with E-state index in [4.69, 9.17) is 32.7 Å². The van der Waals surface area contributed by atoms with Gasteiger partial charge >= 0.3 is 0 Å². The van der Waals surface area contributed by atoms with Crippen molar-refractivity contribution in [1.82, 2.24) is 4.98 Å². The number of rotatable bonds is 7. The zero-order valence-electron chi connectivity index (χ0n) is 18.2. The first-order valence-electron chi connectivity index (χ1n) is 9.63. The number of para-hydroxylation sites is 1. The molecule has 1 N–H and O–H groups in total. The summed E-state index contributed by atoms with van der Waals surface area (Å²) in [5.74, 6) is 0.297. The second-order valence-corrected chi connectivity index (χ2v) is 7.76. The van der Waals surface area contributed by atoms with Crippen LogP contribution in [-0.4, -0.2) is 24.1 Å². The Balaban J connectivity index is 1.99. The molecule has 0 amide bonds. The van der Waals surface area contributed by atoms with Crippen LogP contribution in [0.2, 0.25) is 10.0 Å². The number of nitrogens with one attached hydrogen (secondary N) is 1. The van der Waals surface area contributed by atoms with E-state index < -0.39 is 10.8 Å². The highest BCUT2D eigenvalue weighted by Crippen LogP contribution is 2.45. The fourth-order valence-electron chi connectivity index (χ4n) is 3.23. The van der Waals surface area contributed by atoms with Crippen LogP contribution in [0.15, 0.2) is 42.6 Å². The van der Waals surface area contributed by atoms with Gasteiger partial charge < -0.3 is 14.8 Å². The molecule has 0 saturated carbocycles. The van der Waals surface area contributed by atoms with Crippen LogP contribution in [0, 0.1) is 17.0 Å². The number of hydrogen-bond donors (Lipinski definition) is 1. The number of ether oxygens (including phenoxy) is 2. The van der Waals surface area contributed by atoms with Crippen LogP contribution in [0.25, 0.3) is 11.4 Å². The van der Waals surface area contributed by atoms with E-state index in [1.165, 1.54) is 51.6 Å². The van der Waals surface area contributed by atoms with Gasteiger partial charge in [0.05, 0.1) is 29.2 Å². The van der Waals surface area contributed by atoms with Crippen LogP contribution >= 0.6 is 23.2 Å². The minimum atomic E-state index is -0.602. The highest BCUT2D eigenvalue weighted by molar-refractivity contribution is 6.39. The molecule has 0 fully saturated rings. The third-order valence-corrected chi connectivity index (χ3v) is 5.75. The summed E-state index contributed by atoms with van der Waals surface area (Å²) >= 11 is 12.8. The first-order chi connectivity index (χ1) is 15.7. The van der Waals surface area contributed by atoms with Crippen molar-refractivity contribution in [3.8, 4) is 11.5 Å². The smallest absolute Gasteiger partial charge is 0.292 e. The number of aromatic nitrogens is 1. The molecule has 3 rings (SSSR count). The summed E-state index contributed by atoms with van der Waals surface area (Å²) in [4.78, 5) is 15.0. The first-order valence-corrected chi connectivity index (χ1v) is 10.4. The fourth-order valence-corrected chi connectivity index (χ4v) is 4.02. The van der Waals surface area contributed by atoms with Crippen molar-refractivity contribution in [2.45, 2.75) is 13.8 Å².